The Morgan fingerprint density at radius 3 is 2.80 bits per heavy atom. The van der Waals surface area contributed by atoms with Crippen molar-refractivity contribution in [3.05, 3.63) is 42.0 Å². The molecule has 6 nitrogen and oxygen atoms in total. The molecule has 20 heavy (non-hydrogen) atoms. The van der Waals surface area contributed by atoms with Gasteiger partial charge in [0.05, 0.1) is 23.4 Å². The molecule has 0 aliphatic carbocycles. The molecule has 8 heteroatoms. The zero-order valence-corrected chi connectivity index (χ0v) is 11.6. The largest absolute Gasteiger partial charge is 0.392 e. The highest BCUT2D eigenvalue weighted by molar-refractivity contribution is 7.92. The van der Waals surface area contributed by atoms with Gasteiger partial charge in [-0.25, -0.2) is 12.8 Å². The molecule has 0 unspecified atom stereocenters. The zero-order chi connectivity index (χ0) is 14.8. The van der Waals surface area contributed by atoms with E-state index >= 15 is 0 Å². The van der Waals surface area contributed by atoms with Gasteiger partial charge >= 0.3 is 0 Å². The molecule has 0 aliphatic heterocycles. The average molecular weight is 299 g/mol. The van der Waals surface area contributed by atoms with Gasteiger partial charge in [-0.05, 0) is 25.1 Å². The number of aliphatic hydroxyl groups excluding tert-OH is 1. The van der Waals surface area contributed by atoms with Crippen molar-refractivity contribution >= 4 is 15.7 Å². The number of anilines is 1. The summed E-state index contributed by atoms with van der Waals surface area (Å²) in [6.07, 6.45) is 2.94. The SMILES string of the molecule is CCn1cc(NS(=O)(=O)c2ccc(F)c(CO)c2)cn1. The Labute approximate surface area is 115 Å². The van der Waals surface area contributed by atoms with Crippen molar-refractivity contribution < 1.29 is 17.9 Å². The predicted octanol–water partition coefficient (Wildman–Crippen LogP) is 1.34. The summed E-state index contributed by atoms with van der Waals surface area (Å²) < 4.78 is 41.4. The maximum atomic E-state index is 13.2. The molecular formula is C12H14FN3O3S. The fourth-order valence-electron chi connectivity index (χ4n) is 1.64. The minimum Gasteiger partial charge on any atom is -0.392 e. The Morgan fingerprint density at radius 1 is 1.45 bits per heavy atom. The van der Waals surface area contributed by atoms with Gasteiger partial charge in [0.15, 0.2) is 0 Å². The number of nitrogens with one attached hydrogen (secondary N) is 1. The van der Waals surface area contributed by atoms with Crippen LogP contribution < -0.4 is 4.72 Å². The van der Waals surface area contributed by atoms with E-state index in [-0.39, 0.29) is 10.5 Å². The van der Waals surface area contributed by atoms with Crippen molar-refractivity contribution in [1.29, 1.82) is 0 Å². The summed E-state index contributed by atoms with van der Waals surface area (Å²) >= 11 is 0. The molecule has 1 heterocycles. The molecule has 108 valence electrons. The van der Waals surface area contributed by atoms with Crippen LogP contribution in [-0.4, -0.2) is 23.3 Å². The molecule has 1 aromatic carbocycles. The average Bonchev–Trinajstić information content (AvgIpc) is 2.86. The van der Waals surface area contributed by atoms with Crippen molar-refractivity contribution in [2.45, 2.75) is 25.0 Å². The van der Waals surface area contributed by atoms with E-state index in [9.17, 15) is 12.8 Å². The van der Waals surface area contributed by atoms with Crippen LogP contribution in [0.2, 0.25) is 0 Å². The number of aryl methyl sites for hydroxylation is 1. The summed E-state index contributed by atoms with van der Waals surface area (Å²) in [6, 6.07) is 3.25. The molecule has 2 rings (SSSR count). The van der Waals surface area contributed by atoms with Gasteiger partial charge in [0.1, 0.15) is 5.82 Å². The van der Waals surface area contributed by atoms with E-state index in [0.29, 0.717) is 12.2 Å². The van der Waals surface area contributed by atoms with Crippen LogP contribution in [0.5, 0.6) is 0 Å². The summed E-state index contributed by atoms with van der Waals surface area (Å²) in [5.41, 5.74) is 0.249. The third-order valence-corrected chi connectivity index (χ3v) is 4.09. The van der Waals surface area contributed by atoms with E-state index in [1.807, 2.05) is 6.92 Å². The molecule has 0 aliphatic rings. The molecule has 0 spiro atoms. The lowest BCUT2D eigenvalue weighted by atomic mass is 10.2. The van der Waals surface area contributed by atoms with Crippen molar-refractivity contribution in [2.75, 3.05) is 4.72 Å². The van der Waals surface area contributed by atoms with Crippen LogP contribution in [0.3, 0.4) is 0 Å². The van der Waals surface area contributed by atoms with E-state index in [2.05, 4.69) is 9.82 Å². The molecule has 0 atom stereocenters. The lowest BCUT2D eigenvalue weighted by Crippen LogP contribution is -2.13. The first-order chi connectivity index (χ1) is 9.46. The lowest BCUT2D eigenvalue weighted by molar-refractivity contribution is 0.275. The van der Waals surface area contributed by atoms with E-state index < -0.39 is 22.4 Å². The number of nitrogens with zero attached hydrogens (tertiary/aromatic N) is 2. The van der Waals surface area contributed by atoms with E-state index in [0.717, 1.165) is 18.2 Å². The van der Waals surface area contributed by atoms with Gasteiger partial charge in [0.2, 0.25) is 0 Å². The first-order valence-corrected chi connectivity index (χ1v) is 7.39. The van der Waals surface area contributed by atoms with Crippen molar-refractivity contribution in [1.82, 2.24) is 9.78 Å². The van der Waals surface area contributed by atoms with Crippen LogP contribution in [0.1, 0.15) is 12.5 Å². The Balaban J connectivity index is 2.30. The summed E-state index contributed by atoms with van der Waals surface area (Å²) in [5.74, 6) is -0.648. The number of halogens is 1. The number of aromatic nitrogens is 2. The van der Waals surface area contributed by atoms with Crippen LogP contribution >= 0.6 is 0 Å². The molecule has 2 N–H and O–H groups in total. The van der Waals surface area contributed by atoms with Gasteiger partial charge in [0.25, 0.3) is 10.0 Å². The van der Waals surface area contributed by atoms with E-state index in [4.69, 9.17) is 5.11 Å². The molecule has 0 bridgehead atoms. The van der Waals surface area contributed by atoms with Gasteiger partial charge in [-0.15, -0.1) is 0 Å². The second-order valence-corrected chi connectivity index (χ2v) is 5.78. The summed E-state index contributed by atoms with van der Waals surface area (Å²) in [4.78, 5) is -0.118. The fourth-order valence-corrected chi connectivity index (χ4v) is 2.72. The minimum atomic E-state index is -3.84. The highest BCUT2D eigenvalue weighted by Crippen LogP contribution is 2.18. The highest BCUT2D eigenvalue weighted by atomic mass is 32.2. The predicted molar refractivity (Wildman–Crippen MR) is 71.0 cm³/mol. The van der Waals surface area contributed by atoms with Gasteiger partial charge in [-0.3, -0.25) is 9.40 Å². The number of hydrogen-bond acceptors (Lipinski definition) is 4. The smallest absolute Gasteiger partial charge is 0.262 e. The number of aliphatic hydroxyl groups is 1. The standard InChI is InChI=1S/C12H14FN3O3S/c1-2-16-7-10(6-14-16)15-20(18,19)11-3-4-12(13)9(5-11)8-17/h3-7,15,17H,2,8H2,1H3. The van der Waals surface area contributed by atoms with Crippen molar-refractivity contribution in [2.24, 2.45) is 0 Å². The topological polar surface area (TPSA) is 84.2 Å². The van der Waals surface area contributed by atoms with Crippen molar-refractivity contribution in [3.63, 3.8) is 0 Å². The lowest BCUT2D eigenvalue weighted by Gasteiger charge is -2.07. The first kappa shape index (κ1) is 14.5. The zero-order valence-electron chi connectivity index (χ0n) is 10.7. The molecule has 2 aromatic rings. The second kappa shape index (κ2) is 5.59. The fraction of sp³-hybridized carbons (Fsp3) is 0.250. The molecule has 0 fully saturated rings. The van der Waals surface area contributed by atoms with Crippen molar-refractivity contribution in [3.8, 4) is 0 Å². The third kappa shape index (κ3) is 2.97. The Hall–Kier alpha value is -1.93. The summed E-state index contributed by atoms with van der Waals surface area (Å²) in [6.45, 7) is 1.93. The third-order valence-electron chi connectivity index (χ3n) is 2.71. The van der Waals surface area contributed by atoms with Gasteiger partial charge in [0, 0.05) is 18.3 Å². The number of hydrogen-bond donors (Lipinski definition) is 2. The highest BCUT2D eigenvalue weighted by Gasteiger charge is 2.17. The molecule has 0 saturated carbocycles. The minimum absolute atomic E-state index is 0.0721. The molecule has 0 saturated heterocycles. The molecule has 1 aromatic heterocycles. The monoisotopic (exact) mass is 299 g/mol. The quantitative estimate of drug-likeness (QED) is 0.872. The Kier molecular flexibility index (Phi) is 4.05. The van der Waals surface area contributed by atoms with E-state index in [1.54, 1.807) is 10.9 Å². The summed E-state index contributed by atoms with van der Waals surface area (Å²) in [5, 5.41) is 12.9. The van der Waals surface area contributed by atoms with Crippen LogP contribution in [0.25, 0.3) is 0 Å². The van der Waals surface area contributed by atoms with Gasteiger partial charge in [-0.1, -0.05) is 0 Å². The molecule has 0 radical (unpaired) electrons. The second-order valence-electron chi connectivity index (χ2n) is 4.10. The van der Waals surface area contributed by atoms with Gasteiger partial charge in [-0.2, -0.15) is 5.10 Å². The molecule has 0 amide bonds. The Bertz CT molecular complexity index is 712. The summed E-state index contributed by atoms with van der Waals surface area (Å²) in [7, 11) is -3.84. The van der Waals surface area contributed by atoms with Gasteiger partial charge < -0.3 is 5.11 Å². The molecular weight excluding hydrogens is 285 g/mol. The number of sulfonamides is 1. The van der Waals surface area contributed by atoms with Crippen LogP contribution in [0.4, 0.5) is 10.1 Å². The van der Waals surface area contributed by atoms with Crippen LogP contribution in [-0.2, 0) is 23.2 Å². The number of benzene rings is 1. The van der Waals surface area contributed by atoms with E-state index in [1.165, 1.54) is 6.20 Å². The first-order valence-electron chi connectivity index (χ1n) is 5.91. The Morgan fingerprint density at radius 2 is 2.20 bits per heavy atom. The maximum absolute atomic E-state index is 13.2. The van der Waals surface area contributed by atoms with Crippen LogP contribution in [0.15, 0.2) is 35.5 Å². The maximum Gasteiger partial charge on any atom is 0.262 e. The number of rotatable bonds is 5. The normalized spacial score (nSPS) is 11.6. The van der Waals surface area contributed by atoms with Crippen LogP contribution in [0, 0.1) is 5.82 Å².